The lowest BCUT2D eigenvalue weighted by Crippen LogP contribution is -2.36. The monoisotopic (exact) mass is 606 g/mol. The Hall–Kier alpha value is -3.67. The van der Waals surface area contributed by atoms with Crippen LogP contribution in [0, 0.1) is 10.1 Å². The van der Waals surface area contributed by atoms with E-state index in [1.807, 2.05) is 0 Å². The Morgan fingerprint density at radius 3 is 2.13 bits per heavy atom. The number of nitrogens with one attached hydrogen (secondary N) is 1. The second kappa shape index (κ2) is 10.1. The molecule has 0 unspecified atom stereocenters. The number of nitro groups is 1. The number of nitrogens with zero attached hydrogens (tertiary/aromatic N) is 1. The summed E-state index contributed by atoms with van der Waals surface area (Å²) in [5.41, 5.74) is 1.22. The molecule has 2 aliphatic carbocycles. The third kappa shape index (κ3) is 4.93. The molecule has 8 nitrogen and oxygen atoms in total. The highest BCUT2D eigenvalue weighted by molar-refractivity contribution is 9.10. The van der Waals surface area contributed by atoms with Gasteiger partial charge in [-0.15, -0.1) is 0 Å². The van der Waals surface area contributed by atoms with Crippen molar-refractivity contribution >= 4 is 33.2 Å². The molecule has 12 heteroatoms. The zero-order valence-corrected chi connectivity index (χ0v) is 22.2. The Morgan fingerprint density at radius 1 is 0.974 bits per heavy atom. The number of dihydropyridines is 1. The van der Waals surface area contributed by atoms with Gasteiger partial charge in [0.1, 0.15) is 0 Å². The number of rotatable bonds is 5. The molecule has 0 spiro atoms. The lowest BCUT2D eigenvalue weighted by molar-refractivity contribution is -0.385. The van der Waals surface area contributed by atoms with Crippen LogP contribution in [-0.4, -0.2) is 23.6 Å². The fourth-order valence-electron chi connectivity index (χ4n) is 5.35. The van der Waals surface area contributed by atoms with E-state index in [0.717, 1.165) is 17.5 Å². The third-order valence-corrected chi connectivity index (χ3v) is 7.66. The standard InChI is InChI=1S/C27H22BrF3N2O6/c1-38-22-11-13(23-24-16(4-2-6-19(24)34)32-17-5-3-7-20(35)25(17)23)10-15(28)26(22)39-21-9-8-14(27(29,30)31)12-18(21)33(36)37/h8-12,23,32H,2-7H2,1H3. The molecule has 5 rings (SSSR count). The van der Waals surface area contributed by atoms with Crippen molar-refractivity contribution < 1.29 is 37.2 Å². The van der Waals surface area contributed by atoms with Gasteiger partial charge < -0.3 is 14.8 Å². The highest BCUT2D eigenvalue weighted by atomic mass is 79.9. The van der Waals surface area contributed by atoms with Crippen molar-refractivity contribution in [2.75, 3.05) is 7.11 Å². The molecule has 0 bridgehead atoms. The number of carbonyl (C=O) groups is 2. The molecule has 3 aliphatic rings. The maximum Gasteiger partial charge on any atom is 0.416 e. The Kier molecular flexibility index (Phi) is 7.00. The van der Waals surface area contributed by atoms with Crippen molar-refractivity contribution in [2.24, 2.45) is 0 Å². The summed E-state index contributed by atoms with van der Waals surface area (Å²) in [5, 5.41) is 14.9. The van der Waals surface area contributed by atoms with E-state index >= 15 is 0 Å². The summed E-state index contributed by atoms with van der Waals surface area (Å²) in [7, 11) is 1.34. The first-order chi connectivity index (χ1) is 18.5. The summed E-state index contributed by atoms with van der Waals surface area (Å²) >= 11 is 3.40. The molecule has 1 aliphatic heterocycles. The van der Waals surface area contributed by atoms with Gasteiger partial charge in [-0.05, 0) is 71.4 Å². The van der Waals surface area contributed by atoms with Crippen LogP contribution in [0.3, 0.4) is 0 Å². The van der Waals surface area contributed by atoms with E-state index in [-0.39, 0.29) is 27.5 Å². The molecule has 0 aromatic heterocycles. The maximum absolute atomic E-state index is 13.1. The van der Waals surface area contributed by atoms with Gasteiger partial charge in [0.25, 0.3) is 0 Å². The molecule has 0 fully saturated rings. The number of Topliss-reactive ketones (excluding diaryl/α,β-unsaturated/α-hetero) is 2. The Balaban J connectivity index is 1.61. The third-order valence-electron chi connectivity index (χ3n) is 7.07. The van der Waals surface area contributed by atoms with Gasteiger partial charge in [0.05, 0.1) is 22.1 Å². The average Bonchev–Trinajstić information content (AvgIpc) is 2.88. The molecule has 1 N–H and O–H groups in total. The zero-order chi connectivity index (χ0) is 28.1. The highest BCUT2D eigenvalue weighted by Crippen LogP contribution is 2.49. The minimum atomic E-state index is -4.77. The van der Waals surface area contributed by atoms with Crippen LogP contribution < -0.4 is 14.8 Å². The SMILES string of the molecule is COc1cc(C2C3=C(CCCC3=O)NC3=C2C(=O)CCC3)cc(Br)c1Oc1ccc(C(F)(F)F)cc1[N+](=O)[O-]. The van der Waals surface area contributed by atoms with E-state index in [2.05, 4.69) is 21.2 Å². The molecule has 0 amide bonds. The van der Waals surface area contributed by atoms with Crippen molar-refractivity contribution in [3.63, 3.8) is 0 Å². The summed E-state index contributed by atoms with van der Waals surface area (Å²) in [5.74, 6) is -1.03. The van der Waals surface area contributed by atoms with Crippen molar-refractivity contribution in [3.05, 3.63) is 78.6 Å². The number of hydrogen-bond donors (Lipinski definition) is 1. The molecule has 204 valence electrons. The molecule has 2 aromatic rings. The van der Waals surface area contributed by atoms with Crippen molar-refractivity contribution in [2.45, 2.75) is 50.6 Å². The number of methoxy groups -OCH3 is 1. The van der Waals surface area contributed by atoms with Crippen molar-refractivity contribution in [3.8, 4) is 17.2 Å². The van der Waals surface area contributed by atoms with E-state index in [1.165, 1.54) is 7.11 Å². The summed E-state index contributed by atoms with van der Waals surface area (Å²) in [6.07, 6.45) is -1.26. The summed E-state index contributed by atoms with van der Waals surface area (Å²) in [6, 6.07) is 5.21. The lowest BCUT2D eigenvalue weighted by atomic mass is 9.71. The van der Waals surface area contributed by atoms with Crippen LogP contribution in [0.4, 0.5) is 18.9 Å². The minimum Gasteiger partial charge on any atom is -0.493 e. The van der Waals surface area contributed by atoms with Gasteiger partial charge >= 0.3 is 11.9 Å². The van der Waals surface area contributed by atoms with Crippen LogP contribution in [0.2, 0.25) is 0 Å². The number of nitro benzene ring substituents is 1. The second-order valence-corrected chi connectivity index (χ2v) is 10.3. The van der Waals surface area contributed by atoms with Crippen LogP contribution in [0.1, 0.15) is 55.6 Å². The first-order valence-electron chi connectivity index (χ1n) is 12.2. The molecular formula is C27H22BrF3N2O6. The van der Waals surface area contributed by atoms with Gasteiger partial charge in [0, 0.05) is 47.4 Å². The fraction of sp³-hybridized carbons (Fsp3) is 0.333. The largest absolute Gasteiger partial charge is 0.493 e. The Bertz CT molecular complexity index is 1440. The molecular weight excluding hydrogens is 585 g/mol. The van der Waals surface area contributed by atoms with E-state index < -0.39 is 34.0 Å². The van der Waals surface area contributed by atoms with Gasteiger partial charge in [0.2, 0.25) is 5.75 Å². The number of allylic oxidation sites excluding steroid dienone is 4. The van der Waals surface area contributed by atoms with Crippen LogP contribution in [-0.2, 0) is 15.8 Å². The van der Waals surface area contributed by atoms with Crippen LogP contribution >= 0.6 is 15.9 Å². The van der Waals surface area contributed by atoms with Gasteiger partial charge in [-0.25, -0.2) is 0 Å². The smallest absolute Gasteiger partial charge is 0.416 e. The maximum atomic E-state index is 13.1. The number of alkyl halides is 3. The minimum absolute atomic E-state index is 0.00797. The lowest BCUT2D eigenvalue weighted by Gasteiger charge is -2.37. The van der Waals surface area contributed by atoms with Crippen LogP contribution in [0.15, 0.2) is 57.3 Å². The van der Waals surface area contributed by atoms with E-state index in [1.54, 1.807) is 12.1 Å². The first-order valence-corrected chi connectivity index (χ1v) is 13.0. The molecule has 1 heterocycles. The molecule has 39 heavy (non-hydrogen) atoms. The number of benzene rings is 2. The van der Waals surface area contributed by atoms with E-state index in [9.17, 15) is 32.9 Å². The van der Waals surface area contributed by atoms with Crippen molar-refractivity contribution in [1.82, 2.24) is 5.32 Å². The highest BCUT2D eigenvalue weighted by Gasteiger charge is 2.41. The average molecular weight is 607 g/mol. The second-order valence-electron chi connectivity index (χ2n) is 9.47. The summed E-state index contributed by atoms with van der Waals surface area (Å²) in [4.78, 5) is 36.8. The molecule has 0 saturated heterocycles. The first kappa shape index (κ1) is 26.9. The normalized spacial score (nSPS) is 18.0. The van der Waals surface area contributed by atoms with Crippen LogP contribution in [0.25, 0.3) is 0 Å². The molecule has 2 aromatic carbocycles. The molecule has 0 radical (unpaired) electrons. The van der Waals surface area contributed by atoms with Gasteiger partial charge in [-0.2, -0.15) is 13.2 Å². The zero-order valence-electron chi connectivity index (χ0n) is 20.6. The van der Waals surface area contributed by atoms with Gasteiger partial charge in [-0.1, -0.05) is 0 Å². The topological polar surface area (TPSA) is 108 Å². The number of halogens is 4. The summed E-state index contributed by atoms with van der Waals surface area (Å²) in [6.45, 7) is 0. The Morgan fingerprint density at radius 2 is 1.59 bits per heavy atom. The summed E-state index contributed by atoms with van der Waals surface area (Å²) < 4.78 is 50.9. The Labute approximate surface area is 229 Å². The fourth-order valence-corrected chi connectivity index (χ4v) is 5.90. The predicted molar refractivity (Wildman–Crippen MR) is 137 cm³/mol. The van der Waals surface area contributed by atoms with E-state index in [0.29, 0.717) is 67.4 Å². The molecule has 0 atom stereocenters. The van der Waals surface area contributed by atoms with Crippen molar-refractivity contribution in [1.29, 1.82) is 0 Å². The van der Waals surface area contributed by atoms with Gasteiger partial charge in [0.15, 0.2) is 23.1 Å². The predicted octanol–water partition coefficient (Wildman–Crippen LogP) is 6.88. The van der Waals surface area contributed by atoms with Gasteiger partial charge in [-0.3, -0.25) is 19.7 Å². The van der Waals surface area contributed by atoms with E-state index in [4.69, 9.17) is 9.47 Å². The molecule has 0 saturated carbocycles. The number of ketones is 2. The number of carbonyl (C=O) groups excluding carboxylic acids is 2. The number of hydrogen-bond acceptors (Lipinski definition) is 7. The number of ether oxygens (including phenoxy) is 2. The van der Waals surface area contributed by atoms with Crippen LogP contribution in [0.5, 0.6) is 17.2 Å². The quantitative estimate of drug-likeness (QED) is 0.292.